The maximum atomic E-state index is 13.4. The Balaban J connectivity index is 0.000000170. The van der Waals surface area contributed by atoms with Crippen molar-refractivity contribution < 1.29 is 82.6 Å². The van der Waals surface area contributed by atoms with Gasteiger partial charge >= 0.3 is 42.7 Å². The van der Waals surface area contributed by atoms with Gasteiger partial charge in [-0.1, -0.05) is 62.3 Å². The van der Waals surface area contributed by atoms with Crippen molar-refractivity contribution in [2.75, 3.05) is 13.7 Å². The molecular weight excluding hydrogens is 1220 g/mol. The summed E-state index contributed by atoms with van der Waals surface area (Å²) in [6.07, 6.45) is 36.6. The molecule has 0 amide bonds. The average Bonchev–Trinajstić information content (AvgIpc) is 1.57. The fourth-order valence-electron chi connectivity index (χ4n) is 27.3. The van der Waals surface area contributed by atoms with E-state index in [1.807, 2.05) is 0 Å². The van der Waals surface area contributed by atoms with Crippen molar-refractivity contribution >= 4 is 35.4 Å². The van der Waals surface area contributed by atoms with Crippen LogP contribution in [0.5, 0.6) is 0 Å². The molecule has 13 rings (SSSR count). The standard InChI is InChI=1S/C30H46N2O3.C27H42O5.C24H38O4.Li.H2O/c1-5-6-7-8-17-35-27(34)12-9-20(2)23-10-11-24-22-19-30(31-32-30)26-18-21(33)13-15-29(26,4)25(22)14-16-28(23,24)3;1-16(6-9-25(30)31-5)20-7-8-21-19-15-24(29)23-14-18(32-17(2)28)10-12-27(23,4)22(19)11-13-26(20,21)3;1-14(4-7-22(27)28)17-5-6-18-16-13-21(26)20-12-15(25)8-10-24(20,3)19(16)9-11-23(17,18)2;;/h1,20-26,33H,6-19H2,2-4H3;16,18-23H,6-15H2,1-5H3;14-20,25H,4-13H2,1-3H3,(H,27,28);;1H2/q;;;+1;/p-1/t20-,21+,22?,23-,24?,25?,26+,28-,29-;16-,18+,19?,20-,21?,22?,23-,26-,27-;14-,15+,16?,17-,18?,19?,20-,23-,24-;;/m111../s1. The number of hydrogen-bond donors (Lipinski definition) is 3. The van der Waals surface area contributed by atoms with Crippen LogP contribution in [0.25, 0.3) is 0 Å². The smallest absolute Gasteiger partial charge is 0.870 e. The van der Waals surface area contributed by atoms with Crippen LogP contribution in [-0.2, 0) is 43.0 Å². The Morgan fingerprint density at radius 3 is 1.45 bits per heavy atom. The monoisotopic (exact) mass is 1340 g/mol. The molecule has 12 aliphatic carbocycles. The third-order valence-electron chi connectivity index (χ3n) is 32.1. The van der Waals surface area contributed by atoms with Crippen LogP contribution in [0.15, 0.2) is 10.2 Å². The van der Waals surface area contributed by atoms with Crippen LogP contribution in [0, 0.1) is 151 Å². The molecule has 4 N–H and O–H groups in total. The van der Waals surface area contributed by atoms with E-state index >= 15 is 0 Å². The number of carbonyl (C=O) groups is 6. The van der Waals surface area contributed by atoms with Crippen molar-refractivity contribution in [2.24, 2.45) is 149 Å². The van der Waals surface area contributed by atoms with Crippen LogP contribution in [0.1, 0.15) is 281 Å². The molecule has 9 unspecified atom stereocenters. The van der Waals surface area contributed by atoms with Crippen molar-refractivity contribution in [3.05, 3.63) is 0 Å². The van der Waals surface area contributed by atoms with Gasteiger partial charge in [-0.05, 0) is 288 Å². The molecule has 27 atom stereocenters. The summed E-state index contributed by atoms with van der Waals surface area (Å²) >= 11 is 0. The predicted molar refractivity (Wildman–Crippen MR) is 367 cm³/mol. The van der Waals surface area contributed by atoms with Gasteiger partial charge in [0.2, 0.25) is 0 Å². The zero-order chi connectivity index (χ0) is 68.4. The maximum absolute atomic E-state index is 13.4. The van der Waals surface area contributed by atoms with Gasteiger partial charge in [0.05, 0.1) is 25.9 Å². The van der Waals surface area contributed by atoms with Crippen molar-refractivity contribution in [3.63, 3.8) is 0 Å². The number of methoxy groups -OCH3 is 1. The molecule has 97 heavy (non-hydrogen) atoms. The number of esters is 3. The van der Waals surface area contributed by atoms with Gasteiger partial charge in [-0.2, -0.15) is 10.2 Å². The Morgan fingerprint density at radius 2 is 0.979 bits per heavy atom. The van der Waals surface area contributed by atoms with Gasteiger partial charge < -0.3 is 35.0 Å². The summed E-state index contributed by atoms with van der Waals surface area (Å²) in [5, 5.41) is 39.1. The molecular formula is C81H127LiN2O13. The molecule has 0 aromatic rings. The number of ketones is 2. The fraction of sp³-hybridized carbons (Fsp3) is 0.901. The molecule has 1 aliphatic heterocycles. The first-order valence-corrected chi connectivity index (χ1v) is 38.9. The summed E-state index contributed by atoms with van der Waals surface area (Å²) in [6.45, 7) is 23.6. The van der Waals surface area contributed by atoms with E-state index in [1.165, 1.54) is 91.1 Å². The van der Waals surface area contributed by atoms with Gasteiger partial charge in [0.1, 0.15) is 17.7 Å². The Morgan fingerprint density at radius 1 is 0.557 bits per heavy atom. The van der Waals surface area contributed by atoms with Gasteiger partial charge in [0, 0.05) is 69.6 Å². The first kappa shape index (κ1) is 78.0. The SMILES string of the molecule is C#CCCCCOC(=O)CC[C@@H](C)[C@H]1CCC2C3CC4(N=N4)[C@H]4C[C@@H](O)CC[C@]4(C)C3CC[C@@]21C.COC(=O)CC[C@@H](C)[C@H]1CCC2C3CC(=O)[C@H]4C[C@@H](OC(C)=O)CC[C@]4(C)C3CC[C@@]21C.C[C@H](CCC(=O)O)[C@H]1CCC2C3CC(=O)[C@H]4C[C@@H](O)CC[C@]4(C)C3CC[C@@]21C.[Li+].[OH-]. The molecule has 15 nitrogen and oxygen atoms in total. The first-order chi connectivity index (χ1) is 45.0. The molecule has 13 aliphatic rings. The van der Waals surface area contributed by atoms with E-state index in [0.717, 1.165) is 102 Å². The minimum absolute atomic E-state index is 0. The summed E-state index contributed by atoms with van der Waals surface area (Å²) in [6, 6.07) is 0. The van der Waals surface area contributed by atoms with Gasteiger partial charge in [-0.15, -0.1) is 12.3 Å². The summed E-state index contributed by atoms with van der Waals surface area (Å²) in [7, 11) is 1.47. The number of rotatable bonds is 17. The number of carboxylic acids is 1. The number of nitrogens with zero attached hydrogens (tertiary/aromatic N) is 2. The number of Topliss-reactive ketones (excluding diaryl/α,β-unsaturated/α-hetero) is 2. The third-order valence-corrected chi connectivity index (χ3v) is 32.1. The van der Waals surface area contributed by atoms with Crippen molar-refractivity contribution in [2.45, 2.75) is 305 Å². The summed E-state index contributed by atoms with van der Waals surface area (Å²) in [5.74, 6) is 11.9. The Bertz CT molecular complexity index is 2890. The van der Waals surface area contributed by atoms with Gasteiger partial charge in [0.15, 0.2) is 5.66 Å². The van der Waals surface area contributed by atoms with Crippen molar-refractivity contribution in [3.8, 4) is 12.3 Å². The number of ether oxygens (including phenoxy) is 3. The fourth-order valence-corrected chi connectivity index (χ4v) is 27.3. The van der Waals surface area contributed by atoms with E-state index in [1.54, 1.807) is 0 Å². The normalized spacial score (nSPS) is 44.4. The zero-order valence-electron chi connectivity index (χ0n) is 62.1. The molecule has 0 aromatic carbocycles. The molecule has 0 saturated heterocycles. The van der Waals surface area contributed by atoms with Gasteiger partial charge in [-0.3, -0.25) is 28.8 Å². The predicted octanol–water partition coefficient (Wildman–Crippen LogP) is 13.4. The second-order valence-corrected chi connectivity index (χ2v) is 36.4. The van der Waals surface area contributed by atoms with Crippen LogP contribution in [-0.4, -0.2) is 93.9 Å². The number of unbranched alkanes of at least 4 members (excludes halogenated alkanes) is 2. The minimum Gasteiger partial charge on any atom is -0.870 e. The number of fused-ring (bicyclic) bond motifs is 16. The van der Waals surface area contributed by atoms with E-state index in [9.17, 15) is 39.0 Å². The quantitative estimate of drug-likeness (QED) is 0.0404. The Labute approximate surface area is 595 Å². The van der Waals surface area contributed by atoms with E-state index in [4.69, 9.17) is 25.7 Å². The number of aliphatic hydroxyl groups excluding tert-OH is 2. The van der Waals surface area contributed by atoms with E-state index < -0.39 is 5.97 Å². The van der Waals surface area contributed by atoms with Crippen molar-refractivity contribution in [1.29, 1.82) is 0 Å². The number of hydrogen-bond acceptors (Lipinski definition) is 14. The summed E-state index contributed by atoms with van der Waals surface area (Å²) in [4.78, 5) is 73.1. The second kappa shape index (κ2) is 30.7. The maximum Gasteiger partial charge on any atom is 1.00 e. The molecule has 12 saturated carbocycles. The van der Waals surface area contributed by atoms with Crippen LogP contribution >= 0.6 is 0 Å². The zero-order valence-corrected chi connectivity index (χ0v) is 62.1. The third kappa shape index (κ3) is 14.8. The summed E-state index contributed by atoms with van der Waals surface area (Å²) in [5.41, 5.74) is 1.09. The minimum atomic E-state index is -0.688. The van der Waals surface area contributed by atoms with E-state index in [-0.39, 0.29) is 112 Å². The van der Waals surface area contributed by atoms with Crippen LogP contribution in [0.2, 0.25) is 0 Å². The Kier molecular flexibility index (Phi) is 24.7. The topological polar surface area (TPSA) is 246 Å². The molecule has 0 aromatic heterocycles. The van der Waals surface area contributed by atoms with Crippen LogP contribution < -0.4 is 18.9 Å². The number of aliphatic hydroxyl groups is 2. The van der Waals surface area contributed by atoms with Crippen LogP contribution in [0.3, 0.4) is 0 Å². The number of aliphatic carboxylic acids is 1. The molecule has 12 fully saturated rings. The number of carbonyl (C=O) groups excluding carboxylic acids is 5. The second-order valence-electron chi connectivity index (χ2n) is 36.4. The number of terminal acetylenes is 1. The van der Waals surface area contributed by atoms with Gasteiger partial charge in [-0.25, -0.2) is 0 Å². The van der Waals surface area contributed by atoms with Crippen LogP contribution in [0.4, 0.5) is 0 Å². The molecule has 0 bridgehead atoms. The molecule has 540 valence electrons. The molecule has 16 heteroatoms. The molecule has 0 radical (unpaired) electrons. The summed E-state index contributed by atoms with van der Waals surface area (Å²) < 4.78 is 15.8. The van der Waals surface area contributed by atoms with Gasteiger partial charge in [0.25, 0.3) is 0 Å². The van der Waals surface area contributed by atoms with E-state index in [2.05, 4.69) is 78.5 Å². The Hall–Kier alpha value is -3.14. The van der Waals surface area contributed by atoms with Crippen molar-refractivity contribution in [1.82, 2.24) is 0 Å². The number of carboxylic acid groups (broad SMARTS) is 1. The first-order valence-electron chi connectivity index (χ1n) is 38.9. The largest absolute Gasteiger partial charge is 1.00 e. The average molecular weight is 1340 g/mol. The van der Waals surface area contributed by atoms with E-state index in [0.29, 0.717) is 145 Å². The molecule has 1 heterocycles. The molecule has 1 spiro atoms.